The van der Waals surface area contributed by atoms with Gasteiger partial charge in [0.05, 0.1) is 11.8 Å². The van der Waals surface area contributed by atoms with E-state index in [0.29, 0.717) is 6.10 Å². The number of aromatic nitrogens is 2. The average Bonchev–Trinajstić information content (AvgIpc) is 2.52. The molecule has 0 saturated carbocycles. The summed E-state index contributed by atoms with van der Waals surface area (Å²) in [5, 5.41) is 11.9. The summed E-state index contributed by atoms with van der Waals surface area (Å²) in [5.74, 6) is 0.968. The van der Waals surface area contributed by atoms with Crippen LogP contribution in [-0.4, -0.2) is 42.5 Å². The molecule has 0 radical (unpaired) electrons. The first-order chi connectivity index (χ1) is 9.83. The van der Waals surface area contributed by atoms with Gasteiger partial charge in [-0.25, -0.2) is 0 Å². The van der Waals surface area contributed by atoms with E-state index in [4.69, 9.17) is 4.74 Å². The lowest BCUT2D eigenvalue weighted by atomic mass is 10.1. The van der Waals surface area contributed by atoms with E-state index >= 15 is 0 Å². The Hall–Kier alpha value is -1.20. The first-order valence-corrected chi connectivity index (χ1v) is 7.73. The van der Waals surface area contributed by atoms with Crippen LogP contribution < -0.4 is 10.2 Å². The molecular weight excluding hydrogens is 252 g/mol. The van der Waals surface area contributed by atoms with Crippen molar-refractivity contribution in [3.63, 3.8) is 0 Å². The molecular formula is C15H26N4O. The number of piperidine rings is 1. The second-order valence-corrected chi connectivity index (χ2v) is 5.24. The molecule has 0 aromatic carbocycles. The van der Waals surface area contributed by atoms with Gasteiger partial charge in [0.2, 0.25) is 0 Å². The summed E-state index contributed by atoms with van der Waals surface area (Å²) < 4.78 is 5.86. The van der Waals surface area contributed by atoms with Gasteiger partial charge >= 0.3 is 0 Å². The lowest BCUT2D eigenvalue weighted by molar-refractivity contribution is 0.0439. The molecule has 2 rings (SSSR count). The van der Waals surface area contributed by atoms with E-state index in [2.05, 4.69) is 46.4 Å². The number of ether oxygens (including phenoxy) is 1. The summed E-state index contributed by atoms with van der Waals surface area (Å²) in [6.45, 7) is 8.80. The topological polar surface area (TPSA) is 50.3 Å². The van der Waals surface area contributed by atoms with Gasteiger partial charge in [-0.3, -0.25) is 0 Å². The van der Waals surface area contributed by atoms with Crippen LogP contribution in [0.4, 0.5) is 5.82 Å². The van der Waals surface area contributed by atoms with Crippen LogP contribution in [0.3, 0.4) is 0 Å². The zero-order valence-electron chi connectivity index (χ0n) is 12.6. The normalized spacial score (nSPS) is 19.3. The minimum Gasteiger partial charge on any atom is -0.376 e. The van der Waals surface area contributed by atoms with Crippen molar-refractivity contribution in [3.05, 3.63) is 17.8 Å². The Labute approximate surface area is 121 Å². The van der Waals surface area contributed by atoms with Crippen molar-refractivity contribution < 1.29 is 4.74 Å². The minimum absolute atomic E-state index is 0.340. The number of rotatable bonds is 7. The fourth-order valence-corrected chi connectivity index (χ4v) is 2.44. The Morgan fingerprint density at radius 3 is 2.95 bits per heavy atom. The Kier molecular flexibility index (Phi) is 6.21. The summed E-state index contributed by atoms with van der Waals surface area (Å²) in [7, 11) is 0. The molecule has 1 fully saturated rings. The summed E-state index contributed by atoms with van der Waals surface area (Å²) >= 11 is 0. The third kappa shape index (κ3) is 4.42. The minimum atomic E-state index is 0.340. The smallest absolute Gasteiger partial charge is 0.151 e. The van der Waals surface area contributed by atoms with Crippen LogP contribution in [0.25, 0.3) is 0 Å². The third-order valence-corrected chi connectivity index (χ3v) is 3.52. The predicted octanol–water partition coefficient (Wildman–Crippen LogP) is 1.98. The molecule has 1 aromatic heterocycles. The van der Waals surface area contributed by atoms with Crippen LogP contribution in [0, 0.1) is 0 Å². The maximum Gasteiger partial charge on any atom is 0.151 e. The zero-order chi connectivity index (χ0) is 14.2. The molecule has 20 heavy (non-hydrogen) atoms. The number of anilines is 1. The monoisotopic (exact) mass is 278 g/mol. The largest absolute Gasteiger partial charge is 0.376 e. The Morgan fingerprint density at radius 2 is 2.25 bits per heavy atom. The van der Waals surface area contributed by atoms with Crippen LogP contribution in [-0.2, 0) is 11.3 Å². The quantitative estimate of drug-likeness (QED) is 0.826. The summed E-state index contributed by atoms with van der Waals surface area (Å²) in [5.41, 5.74) is 0.992. The molecule has 0 aliphatic carbocycles. The molecule has 1 aliphatic rings. The van der Waals surface area contributed by atoms with E-state index in [9.17, 15) is 0 Å². The summed E-state index contributed by atoms with van der Waals surface area (Å²) in [4.78, 5) is 2.29. The van der Waals surface area contributed by atoms with Gasteiger partial charge in [0, 0.05) is 26.2 Å². The van der Waals surface area contributed by atoms with Gasteiger partial charge in [-0.15, -0.1) is 5.10 Å². The second-order valence-electron chi connectivity index (χ2n) is 5.24. The Morgan fingerprint density at radius 1 is 1.35 bits per heavy atom. The Bertz CT molecular complexity index is 382. The first-order valence-electron chi connectivity index (χ1n) is 7.73. The SMILES string of the molecule is CCCOC1CCCN(c2ccc(CNCC)nn2)C1. The van der Waals surface area contributed by atoms with Gasteiger partial charge < -0.3 is 15.0 Å². The van der Waals surface area contributed by atoms with E-state index < -0.39 is 0 Å². The van der Waals surface area contributed by atoms with Crippen LogP contribution in [0.15, 0.2) is 12.1 Å². The van der Waals surface area contributed by atoms with Gasteiger partial charge in [-0.2, -0.15) is 5.10 Å². The predicted molar refractivity (Wildman–Crippen MR) is 80.9 cm³/mol. The van der Waals surface area contributed by atoms with Crippen LogP contribution in [0.5, 0.6) is 0 Å². The van der Waals surface area contributed by atoms with E-state index in [1.165, 1.54) is 0 Å². The Balaban J connectivity index is 1.89. The van der Waals surface area contributed by atoms with Crippen molar-refractivity contribution >= 4 is 5.82 Å². The van der Waals surface area contributed by atoms with Gasteiger partial charge in [0.1, 0.15) is 0 Å². The van der Waals surface area contributed by atoms with Gasteiger partial charge in [-0.1, -0.05) is 13.8 Å². The van der Waals surface area contributed by atoms with Gasteiger partial charge in [-0.05, 0) is 37.9 Å². The number of hydrogen-bond acceptors (Lipinski definition) is 5. The second kappa shape index (κ2) is 8.17. The molecule has 1 N–H and O–H groups in total. The highest BCUT2D eigenvalue weighted by Crippen LogP contribution is 2.19. The van der Waals surface area contributed by atoms with Crippen LogP contribution in [0.2, 0.25) is 0 Å². The standard InChI is InChI=1S/C15H26N4O/c1-3-10-20-14-6-5-9-19(12-14)15-8-7-13(17-18-15)11-16-4-2/h7-8,14,16H,3-6,9-12H2,1-2H3. The average molecular weight is 278 g/mol. The lowest BCUT2D eigenvalue weighted by Crippen LogP contribution is -2.40. The number of hydrogen-bond donors (Lipinski definition) is 1. The van der Waals surface area contributed by atoms with Gasteiger partial charge in [0.15, 0.2) is 5.82 Å². The van der Waals surface area contributed by atoms with Crippen molar-refractivity contribution in [2.75, 3.05) is 31.1 Å². The van der Waals surface area contributed by atoms with Crippen molar-refractivity contribution in [3.8, 4) is 0 Å². The van der Waals surface area contributed by atoms with E-state index in [1.807, 2.05) is 0 Å². The highest BCUT2D eigenvalue weighted by Gasteiger charge is 2.21. The van der Waals surface area contributed by atoms with Crippen LogP contribution in [0.1, 0.15) is 38.8 Å². The molecule has 1 aromatic rings. The summed E-state index contributed by atoms with van der Waals surface area (Å²) in [6.07, 6.45) is 3.74. The molecule has 5 nitrogen and oxygen atoms in total. The zero-order valence-corrected chi connectivity index (χ0v) is 12.6. The molecule has 0 amide bonds. The third-order valence-electron chi connectivity index (χ3n) is 3.52. The molecule has 0 bridgehead atoms. The molecule has 112 valence electrons. The first kappa shape index (κ1) is 15.2. The number of nitrogens with zero attached hydrogens (tertiary/aromatic N) is 3. The molecule has 1 aliphatic heterocycles. The van der Waals surface area contributed by atoms with Gasteiger partial charge in [0.25, 0.3) is 0 Å². The van der Waals surface area contributed by atoms with E-state index in [1.54, 1.807) is 0 Å². The highest BCUT2D eigenvalue weighted by atomic mass is 16.5. The maximum absolute atomic E-state index is 5.86. The molecule has 1 atom stereocenters. The van der Waals surface area contributed by atoms with E-state index in [0.717, 1.165) is 63.6 Å². The number of nitrogens with one attached hydrogen (secondary N) is 1. The van der Waals surface area contributed by atoms with E-state index in [-0.39, 0.29) is 0 Å². The van der Waals surface area contributed by atoms with Crippen molar-refractivity contribution in [2.24, 2.45) is 0 Å². The lowest BCUT2D eigenvalue weighted by Gasteiger charge is -2.33. The molecule has 2 heterocycles. The molecule has 1 unspecified atom stereocenters. The van der Waals surface area contributed by atoms with Crippen LogP contribution >= 0.6 is 0 Å². The summed E-state index contributed by atoms with van der Waals surface area (Å²) in [6, 6.07) is 4.13. The fraction of sp³-hybridized carbons (Fsp3) is 0.733. The van der Waals surface area contributed by atoms with Crippen molar-refractivity contribution in [2.45, 2.75) is 45.8 Å². The fourth-order valence-electron chi connectivity index (χ4n) is 2.44. The molecule has 0 spiro atoms. The molecule has 1 saturated heterocycles. The van der Waals surface area contributed by atoms with Crippen molar-refractivity contribution in [1.29, 1.82) is 0 Å². The highest BCUT2D eigenvalue weighted by molar-refractivity contribution is 5.38. The molecule has 5 heteroatoms. The van der Waals surface area contributed by atoms with Crippen molar-refractivity contribution in [1.82, 2.24) is 15.5 Å². The maximum atomic E-state index is 5.86.